The molecule has 0 spiro atoms. The minimum absolute atomic E-state index is 0. The molecule has 0 bridgehead atoms. The number of hydrogen-bond donors (Lipinski definition) is 0. The summed E-state index contributed by atoms with van der Waals surface area (Å²) in [6.07, 6.45) is 8.63. The summed E-state index contributed by atoms with van der Waals surface area (Å²) in [5.41, 5.74) is 4.91. The van der Waals surface area contributed by atoms with Gasteiger partial charge in [-0.15, -0.1) is 29.1 Å². The first-order valence-corrected chi connectivity index (χ1v) is 11.3. The van der Waals surface area contributed by atoms with E-state index in [2.05, 4.69) is 68.2 Å². The van der Waals surface area contributed by atoms with Crippen molar-refractivity contribution in [3.63, 3.8) is 0 Å². The molecule has 1 nitrogen and oxygen atoms in total. The molecule has 0 N–H and O–H groups in total. The van der Waals surface area contributed by atoms with E-state index >= 15 is 0 Å². The Hall–Kier alpha value is -1.21. The molecular weight excluding hydrogens is 566 g/mol. The Kier molecular flexibility index (Phi) is 10.0. The Morgan fingerprint density at radius 3 is 2.37 bits per heavy atom. The Labute approximate surface area is 201 Å². The van der Waals surface area contributed by atoms with Crippen molar-refractivity contribution in [2.75, 3.05) is 0 Å². The van der Waals surface area contributed by atoms with Gasteiger partial charge in [-0.05, 0) is 38.7 Å². The van der Waals surface area contributed by atoms with Crippen LogP contribution in [0.3, 0.4) is 0 Å². The predicted molar refractivity (Wildman–Crippen MR) is 122 cm³/mol. The zero-order valence-electron chi connectivity index (χ0n) is 18.5. The molecule has 1 aliphatic rings. The molecule has 2 aromatic carbocycles. The van der Waals surface area contributed by atoms with Crippen LogP contribution in [0.25, 0.3) is 22.0 Å². The third-order valence-corrected chi connectivity index (χ3v) is 6.33. The fourth-order valence-corrected chi connectivity index (χ4v) is 3.83. The average molecular weight is 599 g/mol. The fourth-order valence-electron chi connectivity index (χ4n) is 3.83. The Bertz CT molecular complexity index is 923. The van der Waals surface area contributed by atoms with Crippen molar-refractivity contribution in [1.29, 1.82) is 0 Å². The molecule has 1 heterocycles. The normalized spacial score (nSPS) is 15.3. The molecule has 0 aliphatic heterocycles. The van der Waals surface area contributed by atoms with E-state index < -0.39 is 0 Å². The molecule has 30 heavy (non-hydrogen) atoms. The SMILES string of the molecule is C[C-](C)C(C)[ClH+].Cc1ccnc(-c2[c-]c3ccccc3c(C3CCCCC3)c2)c1.[Ir]. The van der Waals surface area contributed by atoms with Crippen LogP contribution in [0.15, 0.2) is 48.7 Å². The van der Waals surface area contributed by atoms with Crippen molar-refractivity contribution in [3.05, 3.63) is 71.8 Å². The maximum Gasteiger partial charge on any atom is 0.0760 e. The molecular formula is C27H33ClIrN-. The van der Waals surface area contributed by atoms with Crippen LogP contribution in [0.5, 0.6) is 0 Å². The van der Waals surface area contributed by atoms with Gasteiger partial charge in [0.15, 0.2) is 0 Å². The van der Waals surface area contributed by atoms with Gasteiger partial charge in [0.2, 0.25) is 0 Å². The summed E-state index contributed by atoms with van der Waals surface area (Å²) in [7, 11) is 0. The van der Waals surface area contributed by atoms with Gasteiger partial charge in [0, 0.05) is 32.0 Å². The fraction of sp³-hybridized carbons (Fsp3) is 0.407. The van der Waals surface area contributed by atoms with Gasteiger partial charge in [-0.2, -0.15) is 13.8 Å². The van der Waals surface area contributed by atoms with Crippen molar-refractivity contribution in [2.45, 2.75) is 71.1 Å². The van der Waals surface area contributed by atoms with Gasteiger partial charge in [0.05, 0.1) is 17.0 Å². The van der Waals surface area contributed by atoms with E-state index in [9.17, 15) is 0 Å². The van der Waals surface area contributed by atoms with E-state index in [-0.39, 0.29) is 20.1 Å². The number of pyridine rings is 1. The summed E-state index contributed by atoms with van der Waals surface area (Å²) >= 11 is 4.87. The van der Waals surface area contributed by atoms with Crippen LogP contribution in [0.4, 0.5) is 0 Å². The second kappa shape index (κ2) is 12.0. The molecule has 0 saturated heterocycles. The number of fused-ring (bicyclic) bond motifs is 1. The van der Waals surface area contributed by atoms with Crippen molar-refractivity contribution in [2.24, 2.45) is 0 Å². The zero-order chi connectivity index (χ0) is 20.8. The van der Waals surface area contributed by atoms with E-state index in [1.54, 1.807) is 0 Å². The minimum atomic E-state index is 0. The Balaban J connectivity index is 0.000000405. The molecule has 1 aliphatic carbocycles. The van der Waals surface area contributed by atoms with Crippen LogP contribution in [0.1, 0.15) is 69.9 Å². The number of nitrogens with zero attached hydrogens (tertiary/aromatic N) is 1. The number of hydrogen-bond acceptors (Lipinski definition) is 1. The minimum Gasteiger partial charge on any atom is -0.295 e. The monoisotopic (exact) mass is 599 g/mol. The Morgan fingerprint density at radius 2 is 1.73 bits per heavy atom. The third-order valence-electron chi connectivity index (χ3n) is 5.86. The first kappa shape index (κ1) is 25.1. The van der Waals surface area contributed by atoms with Gasteiger partial charge < -0.3 is 0 Å². The van der Waals surface area contributed by atoms with Gasteiger partial charge >= 0.3 is 0 Å². The third kappa shape index (κ3) is 6.64. The van der Waals surface area contributed by atoms with Gasteiger partial charge in [-0.25, -0.2) is 0 Å². The van der Waals surface area contributed by atoms with E-state index in [1.807, 2.05) is 19.2 Å². The zero-order valence-corrected chi connectivity index (χ0v) is 21.7. The number of benzene rings is 2. The molecule has 1 aromatic heterocycles. The maximum atomic E-state index is 4.87. The average Bonchev–Trinajstić information content (AvgIpc) is 2.74. The predicted octanol–water partition coefficient (Wildman–Crippen LogP) is 7.33. The summed E-state index contributed by atoms with van der Waals surface area (Å²) in [5.74, 6) is 2.01. The molecule has 3 aromatic rings. The molecule has 163 valence electrons. The number of alkyl halides is 1. The van der Waals surface area contributed by atoms with E-state index in [1.165, 1.54) is 59.9 Å². The molecule has 1 atom stereocenters. The van der Waals surface area contributed by atoms with Crippen molar-refractivity contribution >= 4 is 10.8 Å². The smallest absolute Gasteiger partial charge is 0.0760 e. The number of aromatic nitrogens is 1. The van der Waals surface area contributed by atoms with Crippen molar-refractivity contribution < 1.29 is 31.7 Å². The maximum absolute atomic E-state index is 4.87. The van der Waals surface area contributed by atoms with E-state index in [0.29, 0.717) is 11.3 Å². The van der Waals surface area contributed by atoms with Crippen LogP contribution in [0, 0.1) is 30.5 Å². The standard InChI is InChI=1S/C22H22N.C5H11Cl.Ir/c1-16-11-12-23-22(13-16)19-14-18-9-5-6-10-20(18)21(15-19)17-7-3-2-4-8-17;1-4(2)5(3)6;/h5-6,9-13,15,17H,2-4,7-8H2,1H3;5-6H,1-3H3;/q-1;;. The second-order valence-corrected chi connectivity index (χ2v) is 9.16. The summed E-state index contributed by atoms with van der Waals surface area (Å²) in [5, 5.41) is 2.94. The molecule has 3 heteroatoms. The van der Waals surface area contributed by atoms with Crippen LogP contribution in [0.2, 0.25) is 0 Å². The molecule has 4 rings (SSSR count). The molecule has 1 unspecified atom stereocenters. The molecule has 0 amide bonds. The van der Waals surface area contributed by atoms with Gasteiger partial charge in [-0.1, -0.05) is 60.0 Å². The van der Waals surface area contributed by atoms with Crippen LogP contribution < -0.4 is 0 Å². The van der Waals surface area contributed by atoms with E-state index in [4.69, 9.17) is 11.6 Å². The van der Waals surface area contributed by atoms with Crippen LogP contribution in [-0.2, 0) is 20.1 Å². The van der Waals surface area contributed by atoms with Crippen molar-refractivity contribution in [1.82, 2.24) is 4.98 Å². The molecule has 1 radical (unpaired) electrons. The number of aryl methyl sites for hydroxylation is 1. The van der Waals surface area contributed by atoms with Crippen molar-refractivity contribution in [3.8, 4) is 11.3 Å². The quantitative estimate of drug-likeness (QED) is 0.227. The Morgan fingerprint density at radius 1 is 1.07 bits per heavy atom. The summed E-state index contributed by atoms with van der Waals surface area (Å²) in [6.45, 7) is 8.24. The van der Waals surface area contributed by atoms with Crippen LogP contribution in [-0.4, -0.2) is 10.4 Å². The molecule has 1 fully saturated rings. The largest absolute Gasteiger partial charge is 0.295 e. The molecule has 1 saturated carbocycles. The summed E-state index contributed by atoms with van der Waals surface area (Å²) in [6, 6.07) is 18.8. The van der Waals surface area contributed by atoms with Gasteiger partial charge in [-0.3, -0.25) is 10.9 Å². The van der Waals surface area contributed by atoms with E-state index in [0.717, 1.165) is 11.3 Å². The summed E-state index contributed by atoms with van der Waals surface area (Å²) in [4.78, 5) is 4.57. The number of halogens is 1. The topological polar surface area (TPSA) is 12.9 Å². The summed E-state index contributed by atoms with van der Waals surface area (Å²) < 4.78 is 0. The second-order valence-electron chi connectivity index (χ2n) is 8.46. The first-order valence-electron chi connectivity index (χ1n) is 10.8. The van der Waals surface area contributed by atoms with Gasteiger partial charge in [0.25, 0.3) is 0 Å². The van der Waals surface area contributed by atoms with Crippen LogP contribution >= 0.6 is 0 Å². The van der Waals surface area contributed by atoms with Gasteiger partial charge in [0.1, 0.15) is 0 Å². The first-order chi connectivity index (χ1) is 14.0. The number of rotatable bonds is 3.